The smallest absolute Gasteiger partial charge is 0.0606 e. The maximum absolute atomic E-state index is 9.19. The monoisotopic (exact) mass is 263 g/mol. The second kappa shape index (κ2) is 8.67. The molecule has 1 aromatic rings. The van der Waals surface area contributed by atoms with E-state index in [1.54, 1.807) is 0 Å². The van der Waals surface area contributed by atoms with Crippen LogP contribution in [0.4, 0.5) is 5.69 Å². The highest BCUT2D eigenvalue weighted by atomic mass is 16.3. The number of pyridine rings is 1. The Bertz CT molecular complexity index is 393. The minimum Gasteiger partial charge on any atom is -0.395 e. The van der Waals surface area contributed by atoms with E-state index in [9.17, 15) is 5.11 Å². The lowest BCUT2D eigenvalue weighted by Gasteiger charge is -2.25. The van der Waals surface area contributed by atoms with Crippen molar-refractivity contribution in [3.05, 3.63) is 36.2 Å². The first-order valence-corrected chi connectivity index (χ1v) is 6.85. The van der Waals surface area contributed by atoms with Gasteiger partial charge >= 0.3 is 0 Å². The van der Waals surface area contributed by atoms with Crippen molar-refractivity contribution in [2.24, 2.45) is 0 Å². The van der Waals surface area contributed by atoms with Gasteiger partial charge in [0.25, 0.3) is 0 Å². The summed E-state index contributed by atoms with van der Waals surface area (Å²) in [6.45, 7) is 11.2. The summed E-state index contributed by atoms with van der Waals surface area (Å²) in [4.78, 5) is 6.50. The van der Waals surface area contributed by atoms with Crippen LogP contribution < -0.4 is 10.2 Å². The van der Waals surface area contributed by atoms with Crippen molar-refractivity contribution in [2.45, 2.75) is 26.8 Å². The van der Waals surface area contributed by atoms with Gasteiger partial charge in [0.1, 0.15) is 0 Å². The summed E-state index contributed by atoms with van der Waals surface area (Å²) >= 11 is 0. The van der Waals surface area contributed by atoms with Gasteiger partial charge in [-0.25, -0.2) is 0 Å². The van der Waals surface area contributed by atoms with Crippen LogP contribution in [0.3, 0.4) is 0 Å². The molecule has 0 spiro atoms. The molecule has 2 N–H and O–H groups in total. The second-order valence-corrected chi connectivity index (χ2v) is 4.59. The molecule has 1 rings (SSSR count). The zero-order valence-corrected chi connectivity index (χ0v) is 12.0. The van der Waals surface area contributed by atoms with Gasteiger partial charge in [0.05, 0.1) is 6.61 Å². The van der Waals surface area contributed by atoms with Crippen molar-refractivity contribution >= 4 is 5.69 Å². The number of aryl methyl sites for hydroxylation is 1. The molecule has 1 heterocycles. The molecule has 0 bridgehead atoms. The third kappa shape index (κ3) is 5.01. The van der Waals surface area contributed by atoms with Gasteiger partial charge in [0.15, 0.2) is 0 Å². The molecule has 0 fully saturated rings. The van der Waals surface area contributed by atoms with Gasteiger partial charge in [-0.15, -0.1) is 6.58 Å². The molecule has 0 radical (unpaired) electrons. The Morgan fingerprint density at radius 3 is 2.95 bits per heavy atom. The summed E-state index contributed by atoms with van der Waals surface area (Å²) in [6.07, 6.45) is 4.89. The van der Waals surface area contributed by atoms with Gasteiger partial charge in [-0.2, -0.15) is 0 Å². The molecular formula is C15H25N3O. The Hall–Kier alpha value is -1.39. The van der Waals surface area contributed by atoms with E-state index in [0.29, 0.717) is 6.54 Å². The SMILES string of the molecule is C=CCN(CCO)c1cc(C)ncc1CNCCC. The quantitative estimate of drug-likeness (QED) is 0.527. The van der Waals surface area contributed by atoms with Crippen molar-refractivity contribution in [1.82, 2.24) is 10.3 Å². The number of rotatable bonds is 9. The molecule has 0 unspecified atom stereocenters. The van der Waals surface area contributed by atoms with Gasteiger partial charge in [0.2, 0.25) is 0 Å². The highest BCUT2D eigenvalue weighted by molar-refractivity contribution is 5.54. The average molecular weight is 263 g/mol. The lowest BCUT2D eigenvalue weighted by atomic mass is 10.1. The topological polar surface area (TPSA) is 48.4 Å². The summed E-state index contributed by atoms with van der Waals surface area (Å²) < 4.78 is 0. The fourth-order valence-corrected chi connectivity index (χ4v) is 1.99. The fourth-order valence-electron chi connectivity index (χ4n) is 1.99. The predicted octanol–water partition coefficient (Wildman–Crippen LogP) is 1.87. The molecule has 0 aliphatic carbocycles. The summed E-state index contributed by atoms with van der Waals surface area (Å²) in [5.41, 5.74) is 3.28. The third-order valence-corrected chi connectivity index (χ3v) is 2.90. The van der Waals surface area contributed by atoms with E-state index < -0.39 is 0 Å². The molecule has 0 aliphatic rings. The van der Waals surface area contributed by atoms with Gasteiger partial charge in [0, 0.05) is 42.8 Å². The summed E-state index contributed by atoms with van der Waals surface area (Å²) in [5.74, 6) is 0. The first-order chi connectivity index (χ1) is 9.22. The Kier molecular flexibility index (Phi) is 7.15. The number of aromatic nitrogens is 1. The van der Waals surface area contributed by atoms with Gasteiger partial charge in [-0.3, -0.25) is 4.98 Å². The van der Waals surface area contributed by atoms with Crippen LogP contribution in [0.5, 0.6) is 0 Å². The number of nitrogens with one attached hydrogen (secondary N) is 1. The molecular weight excluding hydrogens is 238 g/mol. The highest BCUT2D eigenvalue weighted by Crippen LogP contribution is 2.20. The highest BCUT2D eigenvalue weighted by Gasteiger charge is 2.10. The molecule has 0 aromatic carbocycles. The summed E-state index contributed by atoms with van der Waals surface area (Å²) in [5, 5.41) is 12.6. The van der Waals surface area contributed by atoms with Crippen molar-refractivity contribution in [2.75, 3.05) is 31.1 Å². The molecule has 4 heteroatoms. The maximum Gasteiger partial charge on any atom is 0.0606 e. The fraction of sp³-hybridized carbons (Fsp3) is 0.533. The van der Waals surface area contributed by atoms with E-state index in [-0.39, 0.29) is 6.61 Å². The van der Waals surface area contributed by atoms with E-state index in [4.69, 9.17) is 0 Å². The Morgan fingerprint density at radius 2 is 2.32 bits per heavy atom. The van der Waals surface area contributed by atoms with Gasteiger partial charge < -0.3 is 15.3 Å². The Balaban J connectivity index is 2.92. The first kappa shape index (κ1) is 15.7. The molecule has 106 valence electrons. The molecule has 1 aromatic heterocycles. The molecule has 0 atom stereocenters. The third-order valence-electron chi connectivity index (χ3n) is 2.90. The lowest BCUT2D eigenvalue weighted by molar-refractivity contribution is 0.303. The van der Waals surface area contributed by atoms with Crippen molar-refractivity contribution in [3.63, 3.8) is 0 Å². The number of hydrogen-bond donors (Lipinski definition) is 2. The minimum absolute atomic E-state index is 0.136. The largest absolute Gasteiger partial charge is 0.395 e. The van der Waals surface area contributed by atoms with Gasteiger partial charge in [-0.05, 0) is 26.0 Å². The van der Waals surface area contributed by atoms with Crippen LogP contribution >= 0.6 is 0 Å². The van der Waals surface area contributed by atoms with Crippen LogP contribution in [0, 0.1) is 6.92 Å². The first-order valence-electron chi connectivity index (χ1n) is 6.85. The molecule has 0 saturated carbocycles. The van der Waals surface area contributed by atoms with Crippen molar-refractivity contribution in [3.8, 4) is 0 Å². The van der Waals surface area contributed by atoms with Crippen LogP contribution in [0.15, 0.2) is 24.9 Å². The number of aliphatic hydroxyl groups excluding tert-OH is 1. The Morgan fingerprint density at radius 1 is 1.53 bits per heavy atom. The number of aliphatic hydroxyl groups is 1. The number of nitrogens with zero attached hydrogens (tertiary/aromatic N) is 2. The minimum atomic E-state index is 0.136. The molecule has 0 aliphatic heterocycles. The standard InChI is InChI=1S/C15H25N3O/c1-4-6-16-11-14-12-17-13(3)10-15(14)18(7-5-2)8-9-19/h5,10,12,16,19H,2,4,6-9,11H2,1,3H3. The van der Waals surface area contributed by atoms with Crippen LogP contribution in [0.1, 0.15) is 24.6 Å². The van der Waals surface area contributed by atoms with Crippen molar-refractivity contribution in [1.29, 1.82) is 0 Å². The molecule has 19 heavy (non-hydrogen) atoms. The predicted molar refractivity (Wildman–Crippen MR) is 80.5 cm³/mol. The zero-order chi connectivity index (χ0) is 14.1. The van der Waals surface area contributed by atoms with E-state index in [2.05, 4.69) is 34.8 Å². The van der Waals surface area contributed by atoms with Crippen molar-refractivity contribution < 1.29 is 5.11 Å². The van der Waals surface area contributed by atoms with Gasteiger partial charge in [-0.1, -0.05) is 13.0 Å². The Labute approximate surface area is 116 Å². The van der Waals surface area contributed by atoms with Crippen LogP contribution in [0.2, 0.25) is 0 Å². The van der Waals surface area contributed by atoms with E-state index in [1.165, 1.54) is 0 Å². The second-order valence-electron chi connectivity index (χ2n) is 4.59. The van der Waals surface area contributed by atoms with E-state index in [0.717, 1.165) is 43.0 Å². The molecule has 4 nitrogen and oxygen atoms in total. The summed E-state index contributed by atoms with van der Waals surface area (Å²) in [7, 11) is 0. The maximum atomic E-state index is 9.19. The van der Waals surface area contributed by atoms with E-state index >= 15 is 0 Å². The van der Waals surface area contributed by atoms with Crippen LogP contribution in [-0.4, -0.2) is 36.3 Å². The lowest BCUT2D eigenvalue weighted by Crippen LogP contribution is -2.29. The number of hydrogen-bond acceptors (Lipinski definition) is 4. The molecule has 0 amide bonds. The normalized spacial score (nSPS) is 10.5. The van der Waals surface area contributed by atoms with Crippen LogP contribution in [0.25, 0.3) is 0 Å². The van der Waals surface area contributed by atoms with Crippen LogP contribution in [-0.2, 0) is 6.54 Å². The zero-order valence-electron chi connectivity index (χ0n) is 12.0. The average Bonchev–Trinajstić information content (AvgIpc) is 2.40. The van der Waals surface area contributed by atoms with E-state index in [1.807, 2.05) is 19.2 Å². The summed E-state index contributed by atoms with van der Waals surface area (Å²) in [6, 6.07) is 2.07. The molecule has 0 saturated heterocycles. The number of anilines is 1.